The largest absolute Gasteiger partial charge is 0.305 e. The van der Waals surface area contributed by atoms with Crippen LogP contribution >= 0.6 is 0 Å². The Morgan fingerprint density at radius 2 is 1.74 bits per heavy atom. The van der Waals surface area contributed by atoms with E-state index in [2.05, 4.69) is 21.1 Å². The number of nitro benzene ring substituents is 1. The Kier molecular flexibility index (Phi) is 5.45. The third-order valence-electron chi connectivity index (χ3n) is 5.40. The number of para-hydroxylation sites is 1. The topological polar surface area (TPSA) is 130 Å². The van der Waals surface area contributed by atoms with Crippen molar-refractivity contribution in [3.05, 3.63) is 117 Å². The molecule has 0 spiro atoms. The molecule has 9 nitrogen and oxygen atoms in total. The summed E-state index contributed by atoms with van der Waals surface area (Å²) in [6.45, 7) is 0. The number of nitriles is 1. The van der Waals surface area contributed by atoms with Gasteiger partial charge in [-0.25, -0.2) is 9.67 Å². The minimum atomic E-state index is -0.465. The van der Waals surface area contributed by atoms with Crippen LogP contribution in [0, 0.1) is 21.4 Å². The molecule has 0 atom stereocenters. The van der Waals surface area contributed by atoms with E-state index < -0.39 is 4.92 Å². The van der Waals surface area contributed by atoms with E-state index in [-0.39, 0.29) is 22.6 Å². The third kappa shape index (κ3) is 4.19. The fraction of sp³-hybridized carbons (Fsp3) is 0. The average Bonchev–Trinajstić information content (AvgIpc) is 3.31. The van der Waals surface area contributed by atoms with Gasteiger partial charge in [0.15, 0.2) is 5.82 Å². The molecule has 0 aliphatic heterocycles. The number of H-pyrrole nitrogens is 1. The Hall–Kier alpha value is -5.36. The van der Waals surface area contributed by atoms with Crippen LogP contribution in [0.1, 0.15) is 11.4 Å². The number of benzene rings is 3. The molecule has 0 unspecified atom stereocenters. The van der Waals surface area contributed by atoms with Crippen LogP contribution in [0.4, 0.5) is 5.69 Å². The maximum absolute atomic E-state index is 12.5. The summed E-state index contributed by atoms with van der Waals surface area (Å²) in [5.41, 5.74) is 2.92. The van der Waals surface area contributed by atoms with Crippen molar-refractivity contribution in [2.24, 2.45) is 0 Å². The van der Waals surface area contributed by atoms with E-state index in [1.54, 1.807) is 53.4 Å². The third-order valence-corrected chi connectivity index (χ3v) is 5.40. The second-order valence-corrected chi connectivity index (χ2v) is 7.62. The summed E-state index contributed by atoms with van der Waals surface area (Å²) in [5.74, 6) is 0.151. The van der Waals surface area contributed by atoms with Crippen molar-refractivity contribution in [3.63, 3.8) is 0 Å². The molecule has 2 aromatic heterocycles. The summed E-state index contributed by atoms with van der Waals surface area (Å²) in [6, 6.07) is 24.4. The van der Waals surface area contributed by atoms with Gasteiger partial charge in [-0.1, -0.05) is 42.5 Å². The Balaban J connectivity index is 1.65. The minimum absolute atomic E-state index is 0.0255. The van der Waals surface area contributed by atoms with Crippen LogP contribution in [-0.4, -0.2) is 24.7 Å². The molecule has 0 saturated carbocycles. The van der Waals surface area contributed by atoms with Crippen molar-refractivity contribution >= 4 is 28.2 Å². The van der Waals surface area contributed by atoms with Crippen LogP contribution in [0.25, 0.3) is 39.5 Å². The predicted molar refractivity (Wildman–Crippen MR) is 132 cm³/mol. The molecule has 0 fully saturated rings. The molecular formula is C26H16N6O3. The van der Waals surface area contributed by atoms with Gasteiger partial charge in [-0.3, -0.25) is 14.9 Å². The summed E-state index contributed by atoms with van der Waals surface area (Å²) >= 11 is 0. The van der Waals surface area contributed by atoms with Crippen molar-refractivity contribution in [1.82, 2.24) is 19.7 Å². The summed E-state index contributed by atoms with van der Waals surface area (Å²) in [7, 11) is 0. The van der Waals surface area contributed by atoms with Gasteiger partial charge < -0.3 is 4.98 Å². The Morgan fingerprint density at radius 3 is 2.46 bits per heavy atom. The highest BCUT2D eigenvalue weighted by Gasteiger charge is 2.15. The lowest BCUT2D eigenvalue weighted by Gasteiger charge is -2.02. The number of nitrogens with zero attached hydrogens (tertiary/aromatic N) is 5. The van der Waals surface area contributed by atoms with E-state index in [1.807, 2.05) is 30.3 Å². The highest BCUT2D eigenvalue weighted by Crippen LogP contribution is 2.27. The predicted octanol–water partition coefficient (Wildman–Crippen LogP) is 4.75. The first kappa shape index (κ1) is 21.5. The van der Waals surface area contributed by atoms with Gasteiger partial charge in [0.1, 0.15) is 6.07 Å². The average molecular weight is 460 g/mol. The first-order valence-electron chi connectivity index (χ1n) is 10.5. The van der Waals surface area contributed by atoms with Crippen molar-refractivity contribution in [2.45, 2.75) is 0 Å². The summed E-state index contributed by atoms with van der Waals surface area (Å²) < 4.78 is 1.59. The van der Waals surface area contributed by atoms with Crippen LogP contribution in [-0.2, 0) is 0 Å². The van der Waals surface area contributed by atoms with Crippen molar-refractivity contribution in [3.8, 4) is 23.0 Å². The molecule has 0 aliphatic carbocycles. The van der Waals surface area contributed by atoms with E-state index in [4.69, 9.17) is 0 Å². The molecule has 1 N–H and O–H groups in total. The molecule has 35 heavy (non-hydrogen) atoms. The fourth-order valence-electron chi connectivity index (χ4n) is 3.70. The Morgan fingerprint density at radius 1 is 1.03 bits per heavy atom. The number of allylic oxidation sites excluding steroid dienone is 1. The summed E-state index contributed by atoms with van der Waals surface area (Å²) in [4.78, 5) is 30.2. The molecular weight excluding hydrogens is 444 g/mol. The number of aromatic amines is 1. The normalized spacial score (nSPS) is 11.3. The molecule has 0 radical (unpaired) electrons. The van der Waals surface area contributed by atoms with Crippen LogP contribution in [0.3, 0.4) is 0 Å². The highest BCUT2D eigenvalue weighted by atomic mass is 16.6. The number of rotatable bonds is 5. The number of nitrogens with one attached hydrogen (secondary N) is 1. The molecule has 0 bridgehead atoms. The Bertz CT molecular complexity index is 1690. The lowest BCUT2D eigenvalue weighted by Crippen LogP contribution is -2.11. The van der Waals surface area contributed by atoms with Crippen LogP contribution in [0.2, 0.25) is 0 Å². The van der Waals surface area contributed by atoms with Crippen molar-refractivity contribution in [1.29, 1.82) is 5.26 Å². The summed E-state index contributed by atoms with van der Waals surface area (Å²) in [5, 5.41) is 26.0. The first-order chi connectivity index (χ1) is 17.0. The van der Waals surface area contributed by atoms with Gasteiger partial charge in [0.05, 0.1) is 32.8 Å². The smallest absolute Gasteiger partial charge is 0.269 e. The van der Waals surface area contributed by atoms with Crippen LogP contribution in [0.5, 0.6) is 0 Å². The quantitative estimate of drug-likeness (QED) is 0.229. The SMILES string of the molecule is N#CC(=Cc1cn(-c2ccc([N+](=O)[O-])cc2)nc1-c1ccccc1)c1nc2ccccc2c(=O)[nH]1. The van der Waals surface area contributed by atoms with E-state index in [9.17, 15) is 20.2 Å². The number of nitro groups is 1. The van der Waals surface area contributed by atoms with Gasteiger partial charge in [-0.2, -0.15) is 10.4 Å². The second-order valence-electron chi connectivity index (χ2n) is 7.62. The van der Waals surface area contributed by atoms with Crippen molar-refractivity contribution < 1.29 is 4.92 Å². The van der Waals surface area contributed by atoms with E-state index in [0.717, 1.165) is 5.56 Å². The molecule has 0 amide bonds. The van der Waals surface area contributed by atoms with Gasteiger partial charge in [-0.15, -0.1) is 0 Å². The maximum atomic E-state index is 12.5. The van der Waals surface area contributed by atoms with Gasteiger partial charge in [0.25, 0.3) is 11.2 Å². The zero-order valence-corrected chi connectivity index (χ0v) is 18.1. The number of hydrogen-bond donors (Lipinski definition) is 1. The van der Waals surface area contributed by atoms with Crippen molar-refractivity contribution in [2.75, 3.05) is 0 Å². The lowest BCUT2D eigenvalue weighted by molar-refractivity contribution is -0.384. The lowest BCUT2D eigenvalue weighted by atomic mass is 10.1. The minimum Gasteiger partial charge on any atom is -0.305 e. The molecule has 168 valence electrons. The zero-order valence-electron chi connectivity index (χ0n) is 18.1. The number of non-ortho nitro benzene ring substituents is 1. The number of fused-ring (bicyclic) bond motifs is 1. The van der Waals surface area contributed by atoms with E-state index in [1.165, 1.54) is 12.1 Å². The standard InChI is InChI=1S/C26H16N6O3/c27-15-18(25-28-23-9-5-4-8-22(23)26(33)29-25)14-19-16-31(20-10-12-21(13-11-20)32(34)35)30-24(19)17-6-2-1-3-7-17/h1-14,16H,(H,28,29,33). The molecule has 5 rings (SSSR count). The maximum Gasteiger partial charge on any atom is 0.269 e. The highest BCUT2D eigenvalue weighted by molar-refractivity contribution is 5.91. The molecule has 0 saturated heterocycles. The molecule has 0 aliphatic rings. The molecule has 5 aromatic rings. The van der Waals surface area contributed by atoms with Gasteiger partial charge in [-0.05, 0) is 30.3 Å². The van der Waals surface area contributed by atoms with Crippen LogP contribution < -0.4 is 5.56 Å². The summed E-state index contributed by atoms with van der Waals surface area (Å²) in [6.07, 6.45) is 3.34. The molecule has 3 aromatic carbocycles. The van der Waals surface area contributed by atoms with Gasteiger partial charge >= 0.3 is 0 Å². The zero-order chi connectivity index (χ0) is 24.4. The van der Waals surface area contributed by atoms with Gasteiger partial charge in [0.2, 0.25) is 0 Å². The fourth-order valence-corrected chi connectivity index (χ4v) is 3.70. The Labute approximate surface area is 198 Å². The van der Waals surface area contributed by atoms with E-state index >= 15 is 0 Å². The number of hydrogen-bond acceptors (Lipinski definition) is 6. The molecule has 2 heterocycles. The number of aromatic nitrogens is 4. The van der Waals surface area contributed by atoms with E-state index in [0.29, 0.717) is 27.8 Å². The second kappa shape index (κ2) is 8.88. The monoisotopic (exact) mass is 460 g/mol. The van der Waals surface area contributed by atoms with Gasteiger partial charge in [0, 0.05) is 29.5 Å². The first-order valence-corrected chi connectivity index (χ1v) is 10.5. The van der Waals surface area contributed by atoms with Crippen LogP contribution in [0.15, 0.2) is 89.9 Å². The molecule has 9 heteroatoms.